The summed E-state index contributed by atoms with van der Waals surface area (Å²) in [5.74, 6) is -3.12. The van der Waals surface area contributed by atoms with Gasteiger partial charge in [0.05, 0.1) is 0 Å². The van der Waals surface area contributed by atoms with Crippen LogP contribution in [0.5, 0.6) is 0 Å². The topological polar surface area (TPSA) is 90.4 Å². The fraction of sp³-hybridized carbons (Fsp3) is 0.0667. The maximum absolute atomic E-state index is 11.1. The van der Waals surface area contributed by atoms with Crippen molar-refractivity contribution in [1.29, 1.82) is 0 Å². The zero-order chi connectivity index (χ0) is 14.5. The largest absolute Gasteiger partial charge is 0.507 e. The molecule has 2 rings (SSSR count). The molecule has 0 saturated heterocycles. The first-order valence-corrected chi connectivity index (χ1v) is 5.96. The first-order chi connectivity index (χ1) is 9.58. The number of carbonyl (C=O) groups is 2. The summed E-state index contributed by atoms with van der Waals surface area (Å²) in [5, 5.41) is 18.4. The summed E-state index contributed by atoms with van der Waals surface area (Å²) in [6.45, 7) is 0. The summed E-state index contributed by atoms with van der Waals surface area (Å²) in [4.78, 5) is 24.5. The number of aromatic nitrogens is 1. The van der Waals surface area contributed by atoms with Gasteiger partial charge in [0.2, 0.25) is 0 Å². The van der Waals surface area contributed by atoms with Crippen molar-refractivity contribution in [3.8, 4) is 0 Å². The smallest absolute Gasteiger partial charge is 0.376 e. The van der Waals surface area contributed by atoms with Crippen LogP contribution in [-0.2, 0) is 16.0 Å². The molecule has 0 unspecified atom stereocenters. The molecule has 20 heavy (non-hydrogen) atoms. The van der Waals surface area contributed by atoms with Gasteiger partial charge in [0.1, 0.15) is 5.76 Å². The number of H-pyrrole nitrogens is 1. The van der Waals surface area contributed by atoms with Crippen molar-refractivity contribution in [2.24, 2.45) is 0 Å². The van der Waals surface area contributed by atoms with Crippen LogP contribution in [0.1, 0.15) is 16.8 Å². The lowest BCUT2D eigenvalue weighted by atomic mass is 10.1. The van der Waals surface area contributed by atoms with Crippen LogP contribution >= 0.6 is 0 Å². The van der Waals surface area contributed by atoms with Crippen LogP contribution in [0.3, 0.4) is 0 Å². The van der Waals surface area contributed by atoms with E-state index in [9.17, 15) is 14.7 Å². The van der Waals surface area contributed by atoms with Crippen LogP contribution in [0.2, 0.25) is 0 Å². The molecule has 5 nitrogen and oxygen atoms in total. The Balaban J connectivity index is 2.25. The molecule has 0 amide bonds. The quantitative estimate of drug-likeness (QED) is 0.441. The molecule has 0 aliphatic heterocycles. The number of rotatable bonds is 5. The van der Waals surface area contributed by atoms with E-state index in [1.807, 2.05) is 30.3 Å². The second-order valence-electron chi connectivity index (χ2n) is 4.23. The first kappa shape index (κ1) is 13.6. The van der Waals surface area contributed by atoms with Crippen molar-refractivity contribution in [3.05, 3.63) is 65.5 Å². The standard InChI is InChI=1S/C15H13NO4/c17-13(9-14(18)15(19)20)11-6-7-16-12(11)8-10-4-2-1-3-5-10/h1-7,9,16-17H,8H2,(H,19,20). The Labute approximate surface area is 115 Å². The third-order valence-corrected chi connectivity index (χ3v) is 2.81. The van der Waals surface area contributed by atoms with E-state index in [-0.39, 0.29) is 5.76 Å². The third-order valence-electron chi connectivity index (χ3n) is 2.81. The Hall–Kier alpha value is -2.82. The Morgan fingerprint density at radius 1 is 1.10 bits per heavy atom. The van der Waals surface area contributed by atoms with Crippen LogP contribution in [0, 0.1) is 0 Å². The molecule has 0 aliphatic rings. The molecule has 0 aliphatic carbocycles. The molecule has 0 fully saturated rings. The molecule has 0 bridgehead atoms. The minimum Gasteiger partial charge on any atom is -0.507 e. The van der Waals surface area contributed by atoms with E-state index in [0.29, 0.717) is 23.8 Å². The van der Waals surface area contributed by atoms with Crippen molar-refractivity contribution in [1.82, 2.24) is 4.98 Å². The fourth-order valence-electron chi connectivity index (χ4n) is 1.85. The Bertz CT molecular complexity index is 656. The lowest BCUT2D eigenvalue weighted by Crippen LogP contribution is -2.09. The van der Waals surface area contributed by atoms with Gasteiger partial charge in [-0.25, -0.2) is 4.79 Å². The summed E-state index contributed by atoms with van der Waals surface area (Å²) in [6.07, 6.45) is 2.88. The monoisotopic (exact) mass is 271 g/mol. The molecular weight excluding hydrogens is 258 g/mol. The maximum Gasteiger partial charge on any atom is 0.376 e. The van der Waals surface area contributed by atoms with Crippen molar-refractivity contribution in [2.75, 3.05) is 0 Å². The number of carbonyl (C=O) groups excluding carboxylic acids is 1. The van der Waals surface area contributed by atoms with Gasteiger partial charge in [-0.3, -0.25) is 4.79 Å². The highest BCUT2D eigenvalue weighted by molar-refractivity contribution is 6.38. The average Bonchev–Trinajstić information content (AvgIpc) is 2.88. The van der Waals surface area contributed by atoms with E-state index in [1.54, 1.807) is 12.3 Å². The van der Waals surface area contributed by atoms with Crippen molar-refractivity contribution < 1.29 is 19.8 Å². The van der Waals surface area contributed by atoms with Crippen molar-refractivity contribution in [3.63, 3.8) is 0 Å². The Morgan fingerprint density at radius 2 is 1.80 bits per heavy atom. The number of carboxylic acid groups (broad SMARTS) is 1. The highest BCUT2D eigenvalue weighted by Gasteiger charge is 2.13. The van der Waals surface area contributed by atoms with E-state index < -0.39 is 11.8 Å². The molecule has 0 spiro atoms. The fourth-order valence-corrected chi connectivity index (χ4v) is 1.85. The molecule has 0 atom stereocenters. The second kappa shape index (κ2) is 5.88. The minimum absolute atomic E-state index is 0.357. The normalized spacial score (nSPS) is 11.3. The van der Waals surface area contributed by atoms with Crippen LogP contribution in [0.25, 0.3) is 5.76 Å². The van der Waals surface area contributed by atoms with E-state index in [0.717, 1.165) is 5.56 Å². The third kappa shape index (κ3) is 3.14. The van der Waals surface area contributed by atoms with Gasteiger partial charge in [-0.1, -0.05) is 30.3 Å². The molecule has 1 heterocycles. The molecule has 1 aromatic heterocycles. The highest BCUT2D eigenvalue weighted by Crippen LogP contribution is 2.19. The molecule has 5 heteroatoms. The van der Waals surface area contributed by atoms with E-state index in [1.165, 1.54) is 0 Å². The SMILES string of the molecule is O=C(O)C(=O)C=C(O)c1cc[nH]c1Cc1ccccc1. The number of aromatic amines is 1. The minimum atomic E-state index is -1.60. The molecule has 3 N–H and O–H groups in total. The lowest BCUT2D eigenvalue weighted by molar-refractivity contribution is -0.146. The van der Waals surface area contributed by atoms with Crippen LogP contribution in [-0.4, -0.2) is 26.9 Å². The average molecular weight is 271 g/mol. The number of hydrogen-bond acceptors (Lipinski definition) is 3. The predicted octanol–water partition coefficient (Wildman–Crippen LogP) is 2.16. The zero-order valence-corrected chi connectivity index (χ0v) is 10.5. The number of nitrogens with one attached hydrogen (secondary N) is 1. The summed E-state index contributed by atoms with van der Waals surface area (Å²) >= 11 is 0. The Kier molecular flexibility index (Phi) is 4.00. The van der Waals surface area contributed by atoms with Gasteiger partial charge >= 0.3 is 5.97 Å². The van der Waals surface area contributed by atoms with Gasteiger partial charge in [-0.15, -0.1) is 0 Å². The molecule has 0 radical (unpaired) electrons. The molecule has 2 aromatic rings. The zero-order valence-electron chi connectivity index (χ0n) is 10.5. The summed E-state index contributed by atoms with van der Waals surface area (Å²) in [6, 6.07) is 11.2. The summed E-state index contributed by atoms with van der Waals surface area (Å²) < 4.78 is 0. The number of ketones is 1. The summed E-state index contributed by atoms with van der Waals surface area (Å²) in [7, 11) is 0. The van der Waals surface area contributed by atoms with Gasteiger partial charge in [-0.2, -0.15) is 0 Å². The highest BCUT2D eigenvalue weighted by atomic mass is 16.4. The van der Waals surface area contributed by atoms with E-state index >= 15 is 0 Å². The number of carboxylic acids is 1. The number of aliphatic hydroxyl groups is 1. The van der Waals surface area contributed by atoms with Gasteiger partial charge in [0, 0.05) is 30.0 Å². The van der Waals surface area contributed by atoms with Gasteiger partial charge in [0.25, 0.3) is 5.78 Å². The molecule has 0 saturated carbocycles. The maximum atomic E-state index is 11.1. The number of hydrogen-bond donors (Lipinski definition) is 3. The van der Waals surface area contributed by atoms with Gasteiger partial charge in [0.15, 0.2) is 0 Å². The van der Waals surface area contributed by atoms with Gasteiger partial charge in [-0.05, 0) is 11.6 Å². The number of aliphatic hydroxyl groups excluding tert-OH is 1. The number of aliphatic carboxylic acids is 1. The van der Waals surface area contributed by atoms with E-state index in [4.69, 9.17) is 5.11 Å². The van der Waals surface area contributed by atoms with Crippen molar-refractivity contribution in [2.45, 2.75) is 6.42 Å². The van der Waals surface area contributed by atoms with Crippen molar-refractivity contribution >= 4 is 17.5 Å². The molecule has 1 aromatic carbocycles. The van der Waals surface area contributed by atoms with Crippen LogP contribution in [0.4, 0.5) is 0 Å². The summed E-state index contributed by atoms with van der Waals surface area (Å²) in [5.41, 5.74) is 2.17. The predicted molar refractivity (Wildman–Crippen MR) is 73.3 cm³/mol. The second-order valence-corrected chi connectivity index (χ2v) is 4.23. The first-order valence-electron chi connectivity index (χ1n) is 5.96. The lowest BCUT2D eigenvalue weighted by Gasteiger charge is -2.04. The number of benzene rings is 1. The van der Waals surface area contributed by atoms with Crippen LogP contribution in [0.15, 0.2) is 48.7 Å². The van der Waals surface area contributed by atoms with E-state index in [2.05, 4.69) is 4.98 Å². The molecular formula is C15H13NO4. The van der Waals surface area contributed by atoms with Crippen LogP contribution < -0.4 is 0 Å². The Morgan fingerprint density at radius 3 is 2.45 bits per heavy atom. The van der Waals surface area contributed by atoms with Gasteiger partial charge < -0.3 is 15.2 Å². The molecule has 102 valence electrons.